The first-order chi connectivity index (χ1) is 13.9. The topological polar surface area (TPSA) is 84.5 Å². The maximum atomic E-state index is 12.6. The summed E-state index contributed by atoms with van der Waals surface area (Å²) < 4.78 is 32.5. The number of hydrogen-bond donors (Lipinski definition) is 2. The van der Waals surface area contributed by atoms with E-state index in [9.17, 15) is 13.2 Å². The van der Waals surface area contributed by atoms with E-state index in [0.29, 0.717) is 11.3 Å². The van der Waals surface area contributed by atoms with E-state index in [0.717, 1.165) is 29.1 Å². The molecule has 0 unspecified atom stereocenters. The Hall–Kier alpha value is -2.84. The predicted molar refractivity (Wildman–Crippen MR) is 115 cm³/mol. The van der Waals surface area contributed by atoms with E-state index in [1.165, 1.54) is 0 Å². The second kappa shape index (κ2) is 9.11. The number of benzene rings is 2. The fourth-order valence-electron chi connectivity index (χ4n) is 2.81. The van der Waals surface area contributed by atoms with E-state index in [4.69, 9.17) is 4.74 Å². The molecule has 152 valence electrons. The van der Waals surface area contributed by atoms with Gasteiger partial charge in [-0.2, -0.15) is 0 Å². The summed E-state index contributed by atoms with van der Waals surface area (Å²) in [6.07, 6.45) is 0.733. The molecule has 0 aliphatic rings. The van der Waals surface area contributed by atoms with Gasteiger partial charge in [-0.25, -0.2) is 8.42 Å². The average molecular weight is 431 g/mol. The van der Waals surface area contributed by atoms with Crippen LogP contribution in [0.25, 0.3) is 0 Å². The summed E-state index contributed by atoms with van der Waals surface area (Å²) in [7, 11) is -2.00. The Balaban J connectivity index is 1.67. The second-order valence-electron chi connectivity index (χ2n) is 6.32. The van der Waals surface area contributed by atoms with Crippen LogP contribution in [0.4, 0.5) is 5.69 Å². The number of rotatable bonds is 8. The fourth-order valence-corrected chi connectivity index (χ4v) is 4.86. The van der Waals surface area contributed by atoms with Crippen molar-refractivity contribution in [2.45, 2.75) is 23.6 Å². The summed E-state index contributed by atoms with van der Waals surface area (Å²) in [5.74, 6) is 0.538. The van der Waals surface area contributed by atoms with Crippen molar-refractivity contribution in [1.82, 2.24) is 5.32 Å². The van der Waals surface area contributed by atoms with Gasteiger partial charge < -0.3 is 10.1 Å². The Bertz CT molecular complexity index is 1050. The van der Waals surface area contributed by atoms with Gasteiger partial charge >= 0.3 is 0 Å². The van der Waals surface area contributed by atoms with Crippen molar-refractivity contribution in [3.63, 3.8) is 0 Å². The van der Waals surface area contributed by atoms with Gasteiger partial charge in [-0.05, 0) is 59.8 Å². The smallest absolute Gasteiger partial charge is 0.271 e. The quantitative estimate of drug-likeness (QED) is 0.553. The largest absolute Gasteiger partial charge is 0.497 e. The van der Waals surface area contributed by atoms with Crippen LogP contribution in [-0.2, 0) is 10.0 Å². The Morgan fingerprint density at radius 2 is 1.76 bits per heavy atom. The number of amides is 1. The zero-order valence-electron chi connectivity index (χ0n) is 16.1. The third kappa shape index (κ3) is 5.16. The van der Waals surface area contributed by atoms with Gasteiger partial charge in [0.1, 0.15) is 9.96 Å². The van der Waals surface area contributed by atoms with Crippen molar-refractivity contribution in [3.05, 3.63) is 77.2 Å². The molecular weight excluding hydrogens is 408 g/mol. The summed E-state index contributed by atoms with van der Waals surface area (Å²) in [5.41, 5.74) is 1.84. The highest BCUT2D eigenvalue weighted by Crippen LogP contribution is 2.22. The highest BCUT2D eigenvalue weighted by Gasteiger charge is 2.17. The predicted octanol–water partition coefficient (Wildman–Crippen LogP) is 4.44. The first-order valence-electron chi connectivity index (χ1n) is 9.04. The molecule has 0 aliphatic heterocycles. The van der Waals surface area contributed by atoms with Crippen LogP contribution in [0.1, 0.15) is 35.3 Å². The van der Waals surface area contributed by atoms with Crippen molar-refractivity contribution >= 4 is 33.0 Å². The normalized spacial score (nSPS) is 12.2. The van der Waals surface area contributed by atoms with E-state index >= 15 is 0 Å². The van der Waals surface area contributed by atoms with Gasteiger partial charge in [0.25, 0.3) is 15.9 Å². The maximum absolute atomic E-state index is 12.6. The van der Waals surface area contributed by atoms with Gasteiger partial charge in [0.05, 0.1) is 13.2 Å². The molecule has 0 spiro atoms. The van der Waals surface area contributed by atoms with Crippen LogP contribution >= 0.6 is 11.3 Å². The summed E-state index contributed by atoms with van der Waals surface area (Å²) in [6, 6.07) is 17.0. The third-order valence-corrected chi connectivity index (χ3v) is 7.17. The van der Waals surface area contributed by atoms with Crippen molar-refractivity contribution < 1.29 is 17.9 Å². The lowest BCUT2D eigenvalue weighted by Crippen LogP contribution is -2.28. The molecule has 0 fully saturated rings. The number of anilines is 1. The Kier molecular flexibility index (Phi) is 6.56. The molecule has 1 amide bonds. The van der Waals surface area contributed by atoms with E-state index in [1.807, 2.05) is 31.2 Å². The zero-order valence-corrected chi connectivity index (χ0v) is 17.7. The van der Waals surface area contributed by atoms with Crippen molar-refractivity contribution in [2.75, 3.05) is 11.8 Å². The highest BCUT2D eigenvalue weighted by molar-refractivity contribution is 7.94. The number of nitrogens with one attached hydrogen (secondary N) is 2. The number of sulfonamides is 1. The fraction of sp³-hybridized carbons (Fsp3) is 0.190. The molecule has 2 N–H and O–H groups in total. The van der Waals surface area contributed by atoms with Crippen LogP contribution < -0.4 is 14.8 Å². The third-order valence-electron chi connectivity index (χ3n) is 4.39. The SMILES string of the molecule is CC[C@@H](NC(=O)c1ccc(NS(=O)(=O)c2cccs2)cc1)c1ccc(OC)cc1. The van der Waals surface area contributed by atoms with E-state index in [-0.39, 0.29) is 16.2 Å². The molecule has 0 radical (unpaired) electrons. The standard InChI is InChI=1S/C21H22N2O4S2/c1-3-19(15-8-12-18(27-2)13-9-15)22-21(24)16-6-10-17(11-7-16)23-29(25,26)20-5-4-14-28-20/h4-14,19,23H,3H2,1-2H3,(H,22,24)/t19-/m1/s1. The first kappa shape index (κ1) is 20.9. The Labute approximate surface area is 174 Å². The number of carbonyl (C=O) groups is 1. The van der Waals surface area contributed by atoms with Gasteiger partial charge in [0.2, 0.25) is 0 Å². The summed E-state index contributed by atoms with van der Waals surface area (Å²) >= 11 is 1.14. The van der Waals surface area contributed by atoms with Crippen LogP contribution in [-0.4, -0.2) is 21.4 Å². The average Bonchev–Trinajstić information content (AvgIpc) is 3.28. The van der Waals surface area contributed by atoms with Gasteiger partial charge in [-0.1, -0.05) is 25.1 Å². The van der Waals surface area contributed by atoms with E-state index in [2.05, 4.69) is 10.0 Å². The molecule has 1 atom stereocenters. The minimum absolute atomic E-state index is 0.134. The molecule has 1 heterocycles. The summed E-state index contributed by atoms with van der Waals surface area (Å²) in [6.45, 7) is 2.00. The molecule has 1 aromatic heterocycles. The first-order valence-corrected chi connectivity index (χ1v) is 11.4. The lowest BCUT2D eigenvalue weighted by Gasteiger charge is -2.18. The number of methoxy groups -OCH3 is 1. The van der Waals surface area contributed by atoms with Crippen LogP contribution in [0.15, 0.2) is 70.3 Å². The molecule has 3 aromatic rings. The highest BCUT2D eigenvalue weighted by atomic mass is 32.2. The minimum Gasteiger partial charge on any atom is -0.497 e. The van der Waals surface area contributed by atoms with Crippen LogP contribution in [0, 0.1) is 0 Å². The molecule has 6 nitrogen and oxygen atoms in total. The van der Waals surface area contributed by atoms with Gasteiger partial charge in [0, 0.05) is 11.3 Å². The monoisotopic (exact) mass is 430 g/mol. The van der Waals surface area contributed by atoms with Crippen LogP contribution in [0.3, 0.4) is 0 Å². The lowest BCUT2D eigenvalue weighted by atomic mass is 10.0. The van der Waals surface area contributed by atoms with E-state index < -0.39 is 10.0 Å². The van der Waals surface area contributed by atoms with Gasteiger partial charge in [0.15, 0.2) is 0 Å². The molecule has 3 rings (SSSR count). The summed E-state index contributed by atoms with van der Waals surface area (Å²) in [5, 5.41) is 4.71. The zero-order chi connectivity index (χ0) is 20.9. The number of carbonyl (C=O) groups excluding carboxylic acids is 1. The molecule has 2 aromatic carbocycles. The molecule has 29 heavy (non-hydrogen) atoms. The Morgan fingerprint density at radius 3 is 2.31 bits per heavy atom. The minimum atomic E-state index is -3.61. The summed E-state index contributed by atoms with van der Waals surface area (Å²) in [4.78, 5) is 12.6. The van der Waals surface area contributed by atoms with Crippen LogP contribution in [0.2, 0.25) is 0 Å². The molecule has 8 heteroatoms. The maximum Gasteiger partial charge on any atom is 0.271 e. The number of hydrogen-bond acceptors (Lipinski definition) is 5. The molecule has 0 aliphatic carbocycles. The number of thiophene rings is 1. The molecule has 0 saturated carbocycles. The number of ether oxygens (including phenoxy) is 1. The van der Waals surface area contributed by atoms with Crippen molar-refractivity contribution in [2.24, 2.45) is 0 Å². The van der Waals surface area contributed by atoms with E-state index in [1.54, 1.807) is 48.9 Å². The molecule has 0 saturated heterocycles. The molecule has 0 bridgehead atoms. The lowest BCUT2D eigenvalue weighted by molar-refractivity contribution is 0.0935. The van der Waals surface area contributed by atoms with Crippen LogP contribution in [0.5, 0.6) is 5.75 Å². The Morgan fingerprint density at radius 1 is 1.07 bits per heavy atom. The van der Waals surface area contributed by atoms with Gasteiger partial charge in [-0.3, -0.25) is 9.52 Å². The van der Waals surface area contributed by atoms with Crippen molar-refractivity contribution in [3.8, 4) is 5.75 Å². The molecular formula is C21H22N2O4S2. The van der Waals surface area contributed by atoms with Crippen molar-refractivity contribution in [1.29, 1.82) is 0 Å². The van der Waals surface area contributed by atoms with Gasteiger partial charge in [-0.15, -0.1) is 11.3 Å². The second-order valence-corrected chi connectivity index (χ2v) is 9.18.